The molecule has 166 valence electrons. The fourth-order valence-electron chi connectivity index (χ4n) is 4.08. The number of pyridine rings is 1. The van der Waals surface area contributed by atoms with E-state index < -0.39 is 5.97 Å². The Morgan fingerprint density at radius 2 is 1.94 bits per heavy atom. The van der Waals surface area contributed by atoms with E-state index >= 15 is 0 Å². The summed E-state index contributed by atoms with van der Waals surface area (Å²) in [6.07, 6.45) is 2.60. The van der Waals surface area contributed by atoms with Crippen molar-refractivity contribution in [1.29, 1.82) is 0 Å². The average Bonchev–Trinajstić information content (AvgIpc) is 3.42. The first-order chi connectivity index (χ1) is 16.0. The molecule has 1 N–H and O–H groups in total. The maximum absolute atomic E-state index is 13.4. The van der Waals surface area contributed by atoms with Crippen LogP contribution in [-0.4, -0.2) is 21.8 Å². The standard InChI is InChI=1S/C25H20ClN3O3S/c1-14-22(24(31)32-13-15-6-3-2-4-7-15)33-25(27-14)29-23(30)21-17-8-5-9-19(17)28-20-11-10-16(26)12-18(20)21/h2-4,6-7,10-12H,5,8-9,13H2,1H3,(H,27,29,30). The number of hydrogen-bond acceptors (Lipinski definition) is 6. The summed E-state index contributed by atoms with van der Waals surface area (Å²) in [7, 11) is 0. The van der Waals surface area contributed by atoms with Gasteiger partial charge in [-0.25, -0.2) is 9.78 Å². The Morgan fingerprint density at radius 1 is 1.12 bits per heavy atom. The fourth-order valence-corrected chi connectivity index (χ4v) is 5.11. The summed E-state index contributed by atoms with van der Waals surface area (Å²) in [6.45, 7) is 1.90. The Kier molecular flexibility index (Phi) is 5.83. The van der Waals surface area contributed by atoms with Crippen LogP contribution in [-0.2, 0) is 24.2 Å². The molecule has 0 saturated heterocycles. The first-order valence-corrected chi connectivity index (χ1v) is 11.8. The lowest BCUT2D eigenvalue weighted by Gasteiger charge is -2.12. The van der Waals surface area contributed by atoms with E-state index in [1.807, 2.05) is 36.4 Å². The molecule has 5 rings (SSSR count). The molecule has 0 spiro atoms. The Hall–Kier alpha value is -3.29. The molecule has 0 unspecified atom stereocenters. The molecule has 1 aliphatic rings. The summed E-state index contributed by atoms with van der Waals surface area (Å²) in [5.41, 5.74) is 4.65. The van der Waals surface area contributed by atoms with Gasteiger partial charge in [-0.1, -0.05) is 53.3 Å². The molecule has 0 fully saturated rings. The number of amides is 1. The number of carbonyl (C=O) groups excluding carboxylic acids is 2. The van der Waals surface area contributed by atoms with Gasteiger partial charge in [0.2, 0.25) is 0 Å². The SMILES string of the molecule is Cc1nc(NC(=O)c2c3c(nc4ccc(Cl)cc24)CCC3)sc1C(=O)OCc1ccccc1. The Morgan fingerprint density at radius 3 is 2.76 bits per heavy atom. The summed E-state index contributed by atoms with van der Waals surface area (Å²) in [5.74, 6) is -0.739. The number of anilines is 1. The van der Waals surface area contributed by atoms with Crippen LogP contribution in [0.3, 0.4) is 0 Å². The largest absolute Gasteiger partial charge is 0.457 e. The normalized spacial score (nSPS) is 12.5. The van der Waals surface area contributed by atoms with Crippen molar-refractivity contribution in [2.45, 2.75) is 32.8 Å². The summed E-state index contributed by atoms with van der Waals surface area (Å²) in [4.78, 5) is 35.4. The van der Waals surface area contributed by atoms with Gasteiger partial charge < -0.3 is 4.74 Å². The zero-order valence-corrected chi connectivity index (χ0v) is 19.4. The van der Waals surface area contributed by atoms with E-state index in [9.17, 15) is 9.59 Å². The van der Waals surface area contributed by atoms with E-state index in [0.29, 0.717) is 26.3 Å². The number of aromatic nitrogens is 2. The van der Waals surface area contributed by atoms with Crippen molar-refractivity contribution >= 4 is 50.8 Å². The summed E-state index contributed by atoms with van der Waals surface area (Å²) in [5, 5.41) is 4.49. The second-order valence-electron chi connectivity index (χ2n) is 7.88. The number of carbonyl (C=O) groups is 2. The van der Waals surface area contributed by atoms with E-state index in [2.05, 4.69) is 10.3 Å². The lowest BCUT2D eigenvalue weighted by atomic mass is 10.0. The van der Waals surface area contributed by atoms with Gasteiger partial charge in [-0.15, -0.1) is 0 Å². The van der Waals surface area contributed by atoms with E-state index in [4.69, 9.17) is 21.3 Å². The van der Waals surface area contributed by atoms with Crippen molar-refractivity contribution in [3.63, 3.8) is 0 Å². The average molecular weight is 478 g/mol. The van der Waals surface area contributed by atoms with E-state index in [1.165, 1.54) is 0 Å². The third kappa shape index (κ3) is 4.34. The van der Waals surface area contributed by atoms with Crippen molar-refractivity contribution < 1.29 is 14.3 Å². The molecule has 0 aliphatic heterocycles. The maximum atomic E-state index is 13.4. The monoisotopic (exact) mass is 477 g/mol. The summed E-state index contributed by atoms with van der Waals surface area (Å²) in [6, 6.07) is 14.9. The van der Waals surface area contributed by atoms with Gasteiger partial charge in [0.05, 0.1) is 16.8 Å². The van der Waals surface area contributed by atoms with Crippen molar-refractivity contribution in [2.75, 3.05) is 5.32 Å². The minimum atomic E-state index is -0.462. The topological polar surface area (TPSA) is 81.2 Å². The van der Waals surface area contributed by atoms with Crippen LogP contribution in [0.1, 0.15) is 49.0 Å². The number of halogens is 1. The number of rotatable bonds is 5. The number of benzene rings is 2. The van der Waals surface area contributed by atoms with Crippen LogP contribution in [0.15, 0.2) is 48.5 Å². The van der Waals surface area contributed by atoms with Gasteiger partial charge in [0, 0.05) is 16.1 Å². The lowest BCUT2D eigenvalue weighted by molar-refractivity contribution is 0.0477. The third-order valence-electron chi connectivity index (χ3n) is 5.62. The first-order valence-electron chi connectivity index (χ1n) is 10.6. The molecule has 6 nitrogen and oxygen atoms in total. The lowest BCUT2D eigenvalue weighted by Crippen LogP contribution is -2.15. The second-order valence-corrected chi connectivity index (χ2v) is 9.31. The van der Waals surface area contributed by atoms with Gasteiger partial charge in [-0.2, -0.15) is 0 Å². The number of ether oxygens (including phenoxy) is 1. The fraction of sp³-hybridized carbons (Fsp3) is 0.200. The minimum Gasteiger partial charge on any atom is -0.457 e. The molecule has 0 atom stereocenters. The van der Waals surface area contributed by atoms with E-state index in [-0.39, 0.29) is 12.5 Å². The number of nitrogens with one attached hydrogen (secondary N) is 1. The van der Waals surface area contributed by atoms with Gasteiger partial charge in [-0.3, -0.25) is 15.1 Å². The van der Waals surface area contributed by atoms with Crippen molar-refractivity contribution in [3.8, 4) is 0 Å². The molecule has 1 aliphatic carbocycles. The number of nitrogens with zero attached hydrogens (tertiary/aromatic N) is 2. The predicted octanol–water partition coefficient (Wildman–Crippen LogP) is 5.75. The quantitative estimate of drug-likeness (QED) is 0.370. The zero-order valence-electron chi connectivity index (χ0n) is 17.9. The Labute approximate surface area is 199 Å². The molecule has 2 aromatic carbocycles. The molecule has 0 saturated carbocycles. The van der Waals surface area contributed by atoms with Crippen LogP contribution < -0.4 is 5.32 Å². The zero-order chi connectivity index (χ0) is 22.9. The minimum absolute atomic E-state index is 0.175. The number of fused-ring (bicyclic) bond motifs is 2. The number of hydrogen-bond donors (Lipinski definition) is 1. The van der Waals surface area contributed by atoms with Crippen LogP contribution in [0.2, 0.25) is 5.02 Å². The molecule has 2 aromatic heterocycles. The molecule has 0 radical (unpaired) electrons. The molecule has 8 heteroatoms. The molecule has 33 heavy (non-hydrogen) atoms. The van der Waals surface area contributed by atoms with Gasteiger partial charge in [0.25, 0.3) is 5.91 Å². The van der Waals surface area contributed by atoms with Crippen molar-refractivity contribution in [2.24, 2.45) is 0 Å². The number of esters is 1. The number of thiazole rings is 1. The molecule has 1 amide bonds. The molecule has 0 bridgehead atoms. The highest BCUT2D eigenvalue weighted by Crippen LogP contribution is 2.33. The smallest absolute Gasteiger partial charge is 0.350 e. The number of aryl methyl sites for hydroxylation is 2. The Bertz CT molecular complexity index is 1380. The maximum Gasteiger partial charge on any atom is 0.350 e. The predicted molar refractivity (Wildman–Crippen MR) is 129 cm³/mol. The molecule has 2 heterocycles. The van der Waals surface area contributed by atoms with E-state index in [0.717, 1.165) is 58.3 Å². The van der Waals surface area contributed by atoms with Gasteiger partial charge in [0.15, 0.2) is 5.13 Å². The Balaban J connectivity index is 1.40. The van der Waals surface area contributed by atoms with Crippen molar-refractivity contribution in [1.82, 2.24) is 9.97 Å². The van der Waals surface area contributed by atoms with Gasteiger partial charge in [-0.05, 0) is 55.5 Å². The third-order valence-corrected chi connectivity index (χ3v) is 6.90. The van der Waals surface area contributed by atoms with Crippen molar-refractivity contribution in [3.05, 3.63) is 86.5 Å². The van der Waals surface area contributed by atoms with Crippen LogP contribution in [0.4, 0.5) is 5.13 Å². The first kappa shape index (κ1) is 21.6. The second kappa shape index (κ2) is 8.92. The van der Waals surface area contributed by atoms with Crippen LogP contribution in [0.25, 0.3) is 10.9 Å². The van der Waals surface area contributed by atoms with E-state index in [1.54, 1.807) is 19.1 Å². The summed E-state index contributed by atoms with van der Waals surface area (Å²) < 4.78 is 5.43. The highest BCUT2D eigenvalue weighted by Gasteiger charge is 2.25. The van der Waals surface area contributed by atoms with Gasteiger partial charge >= 0.3 is 5.97 Å². The van der Waals surface area contributed by atoms with Gasteiger partial charge in [0.1, 0.15) is 11.5 Å². The van der Waals surface area contributed by atoms with Crippen LogP contribution in [0, 0.1) is 6.92 Å². The molecule has 4 aromatic rings. The highest BCUT2D eigenvalue weighted by atomic mass is 35.5. The highest BCUT2D eigenvalue weighted by molar-refractivity contribution is 7.17. The van der Waals surface area contributed by atoms with Crippen LogP contribution >= 0.6 is 22.9 Å². The van der Waals surface area contributed by atoms with Crippen LogP contribution in [0.5, 0.6) is 0 Å². The molecular weight excluding hydrogens is 458 g/mol. The summed E-state index contributed by atoms with van der Waals surface area (Å²) >= 11 is 7.33. The molecular formula is C25H20ClN3O3S.